The number of hydrogen-bond acceptors (Lipinski definition) is 8. The van der Waals surface area contributed by atoms with Crippen LogP contribution in [-0.4, -0.2) is 96.4 Å². The number of piperazine rings is 1. The molecule has 4 aliphatic heterocycles. The maximum atomic E-state index is 12.5. The highest BCUT2D eigenvalue weighted by Gasteiger charge is 2.50. The molecule has 1 aliphatic carbocycles. The number of ether oxygens (including phenoxy) is 2. The van der Waals surface area contributed by atoms with Crippen LogP contribution in [-0.2, 0) is 27.3 Å². The third kappa shape index (κ3) is 5.85. The largest absolute Gasteiger partial charge is 0.464 e. The Bertz CT molecular complexity index is 1230. The van der Waals surface area contributed by atoms with Crippen molar-refractivity contribution < 1.29 is 14.3 Å². The van der Waals surface area contributed by atoms with Gasteiger partial charge in [-0.25, -0.2) is 4.99 Å². The van der Waals surface area contributed by atoms with Crippen molar-refractivity contribution in [2.24, 2.45) is 10.9 Å². The third-order valence-corrected chi connectivity index (χ3v) is 10.2. The van der Waals surface area contributed by atoms with Gasteiger partial charge in [-0.1, -0.05) is 24.2 Å². The van der Waals surface area contributed by atoms with E-state index in [-0.39, 0.29) is 42.1 Å². The molecule has 0 radical (unpaired) electrons. The lowest BCUT2D eigenvalue weighted by molar-refractivity contribution is -0.133. The van der Waals surface area contributed by atoms with E-state index in [2.05, 4.69) is 40.9 Å². The summed E-state index contributed by atoms with van der Waals surface area (Å²) >= 11 is 6.26. The van der Waals surface area contributed by atoms with Gasteiger partial charge in [-0.3, -0.25) is 9.69 Å². The van der Waals surface area contributed by atoms with Crippen LogP contribution < -0.4 is 5.32 Å². The molecular formula is C31H41ClN6O3. The lowest BCUT2D eigenvalue weighted by Crippen LogP contribution is -2.64. The molecule has 0 bridgehead atoms. The molecule has 6 rings (SSSR count). The summed E-state index contributed by atoms with van der Waals surface area (Å²) in [6, 6.07) is 9.41. The van der Waals surface area contributed by atoms with Crippen LogP contribution in [0.2, 0.25) is 5.02 Å². The Morgan fingerprint density at radius 1 is 1.32 bits per heavy atom. The molecule has 1 aromatic carbocycles. The summed E-state index contributed by atoms with van der Waals surface area (Å²) in [5.41, 5.74) is 2.27. The van der Waals surface area contributed by atoms with E-state index in [1.807, 2.05) is 12.1 Å². The van der Waals surface area contributed by atoms with Crippen molar-refractivity contribution in [3.63, 3.8) is 0 Å². The Kier molecular flexibility index (Phi) is 8.28. The number of nitrogens with zero attached hydrogens (tertiary/aromatic N) is 5. The van der Waals surface area contributed by atoms with E-state index in [0.717, 1.165) is 43.7 Å². The van der Waals surface area contributed by atoms with E-state index in [1.54, 1.807) is 4.90 Å². The van der Waals surface area contributed by atoms with Crippen LogP contribution in [0.25, 0.3) is 0 Å². The molecule has 9 nitrogen and oxygen atoms in total. The Hall–Kier alpha value is -2.64. The summed E-state index contributed by atoms with van der Waals surface area (Å²) < 4.78 is 13.0. The SMILES string of the molecule is C=CC(=O)N1CCN(C2N=C(OCC3CCCN3C)NC3C[C@]4(CCC32)Cc2ccc(Cl)cc2CO4)CC1CC#N. The highest BCUT2D eigenvalue weighted by molar-refractivity contribution is 6.30. The number of rotatable bonds is 5. The van der Waals surface area contributed by atoms with Gasteiger partial charge in [0.15, 0.2) is 0 Å². The lowest BCUT2D eigenvalue weighted by Gasteiger charge is -2.52. The van der Waals surface area contributed by atoms with Crippen molar-refractivity contribution in [3.05, 3.63) is 47.0 Å². The second kappa shape index (κ2) is 11.9. The Morgan fingerprint density at radius 2 is 2.20 bits per heavy atom. The van der Waals surface area contributed by atoms with Gasteiger partial charge in [0.05, 0.1) is 30.7 Å². The van der Waals surface area contributed by atoms with E-state index >= 15 is 0 Å². The van der Waals surface area contributed by atoms with Crippen molar-refractivity contribution in [2.45, 2.75) is 81.4 Å². The number of amidine groups is 1. The molecule has 4 heterocycles. The first-order valence-electron chi connectivity index (χ1n) is 15.0. The zero-order valence-corrected chi connectivity index (χ0v) is 24.7. The van der Waals surface area contributed by atoms with Gasteiger partial charge in [0, 0.05) is 49.1 Å². The number of hydrogen-bond donors (Lipinski definition) is 1. The van der Waals surface area contributed by atoms with Crippen molar-refractivity contribution in [3.8, 4) is 6.07 Å². The quantitative estimate of drug-likeness (QED) is 0.534. The first kappa shape index (κ1) is 28.5. The van der Waals surface area contributed by atoms with E-state index in [4.69, 9.17) is 26.1 Å². The molecule has 220 valence electrons. The topological polar surface area (TPSA) is 93.4 Å². The van der Waals surface area contributed by atoms with Gasteiger partial charge in [0.25, 0.3) is 6.02 Å². The van der Waals surface area contributed by atoms with Gasteiger partial charge < -0.3 is 24.6 Å². The predicted octanol–water partition coefficient (Wildman–Crippen LogP) is 3.33. The number of likely N-dealkylation sites (N-methyl/N-ethyl adjacent to an activating group) is 1. The number of carbonyl (C=O) groups excluding carboxylic acids is 1. The molecule has 3 fully saturated rings. The van der Waals surface area contributed by atoms with Gasteiger partial charge >= 0.3 is 0 Å². The van der Waals surface area contributed by atoms with Gasteiger partial charge in [0.1, 0.15) is 12.8 Å². The number of amides is 1. The van der Waals surface area contributed by atoms with Crippen molar-refractivity contribution in [1.29, 1.82) is 5.26 Å². The molecule has 5 aliphatic rings. The van der Waals surface area contributed by atoms with E-state index in [0.29, 0.717) is 44.9 Å². The van der Waals surface area contributed by atoms with Crippen molar-refractivity contribution in [1.82, 2.24) is 20.0 Å². The van der Waals surface area contributed by atoms with Crippen LogP contribution in [0.3, 0.4) is 0 Å². The fourth-order valence-electron chi connectivity index (χ4n) is 7.64. The van der Waals surface area contributed by atoms with Gasteiger partial charge in [-0.05, 0) is 75.0 Å². The molecule has 1 saturated carbocycles. The lowest BCUT2D eigenvalue weighted by atomic mass is 9.70. The second-order valence-electron chi connectivity index (χ2n) is 12.4. The van der Waals surface area contributed by atoms with Crippen LogP contribution in [0.15, 0.2) is 35.8 Å². The summed E-state index contributed by atoms with van der Waals surface area (Å²) in [7, 11) is 2.16. The number of nitriles is 1. The molecular weight excluding hydrogens is 540 g/mol. The fraction of sp³-hybridized carbons (Fsp3) is 0.645. The number of fused-ring (bicyclic) bond motifs is 2. The first-order valence-corrected chi connectivity index (χ1v) is 15.4. The minimum Gasteiger partial charge on any atom is -0.464 e. The van der Waals surface area contributed by atoms with Gasteiger partial charge in [-0.2, -0.15) is 5.26 Å². The average Bonchev–Trinajstić information content (AvgIpc) is 3.39. The first-order chi connectivity index (χ1) is 19.9. The van der Waals surface area contributed by atoms with Crippen LogP contribution >= 0.6 is 11.6 Å². The number of aliphatic imine (C=N–C) groups is 1. The number of likely N-dealkylation sites (tertiary alicyclic amines) is 1. The molecule has 1 aromatic rings. The Labute approximate surface area is 248 Å². The highest BCUT2D eigenvalue weighted by atomic mass is 35.5. The molecule has 1 amide bonds. The smallest absolute Gasteiger partial charge is 0.286 e. The maximum absolute atomic E-state index is 12.5. The van der Waals surface area contributed by atoms with Crippen LogP contribution in [0.1, 0.15) is 49.7 Å². The zero-order chi connectivity index (χ0) is 28.6. The second-order valence-corrected chi connectivity index (χ2v) is 12.8. The fourth-order valence-corrected chi connectivity index (χ4v) is 7.83. The van der Waals surface area contributed by atoms with Crippen LogP contribution in [0, 0.1) is 17.2 Å². The van der Waals surface area contributed by atoms with E-state index in [9.17, 15) is 10.1 Å². The maximum Gasteiger partial charge on any atom is 0.286 e. The van der Waals surface area contributed by atoms with Crippen molar-refractivity contribution in [2.75, 3.05) is 39.8 Å². The van der Waals surface area contributed by atoms with Crippen LogP contribution in [0.5, 0.6) is 0 Å². The molecule has 5 unspecified atom stereocenters. The number of halogens is 1. The van der Waals surface area contributed by atoms with Gasteiger partial charge in [-0.15, -0.1) is 0 Å². The summed E-state index contributed by atoms with van der Waals surface area (Å²) in [5.74, 6) is 0.165. The molecule has 6 atom stereocenters. The molecule has 10 heteroatoms. The molecule has 2 saturated heterocycles. The molecule has 1 spiro atoms. The number of carbonyl (C=O) groups is 1. The minimum absolute atomic E-state index is 0.0771. The number of nitrogens with one attached hydrogen (secondary N) is 1. The molecule has 41 heavy (non-hydrogen) atoms. The summed E-state index contributed by atoms with van der Waals surface area (Å²) in [5, 5.41) is 14.0. The monoisotopic (exact) mass is 580 g/mol. The highest BCUT2D eigenvalue weighted by Crippen LogP contribution is 2.44. The predicted molar refractivity (Wildman–Crippen MR) is 157 cm³/mol. The van der Waals surface area contributed by atoms with Crippen molar-refractivity contribution >= 4 is 23.5 Å². The molecule has 0 aromatic heterocycles. The Balaban J connectivity index is 1.23. The summed E-state index contributed by atoms with van der Waals surface area (Å²) in [6.45, 7) is 7.83. The zero-order valence-electron chi connectivity index (χ0n) is 23.9. The molecule has 1 N–H and O–H groups in total. The van der Waals surface area contributed by atoms with Gasteiger partial charge in [0.2, 0.25) is 5.91 Å². The van der Waals surface area contributed by atoms with Crippen LogP contribution in [0.4, 0.5) is 0 Å². The number of benzene rings is 1. The summed E-state index contributed by atoms with van der Waals surface area (Å²) in [4.78, 5) is 24.2. The standard InChI is InChI=1S/C31H41ClN6O3/c1-3-28(39)38-14-13-37(18-24(38)9-11-33)29-26-8-10-31(16-21-6-7-23(32)15-22(21)19-41-31)17-27(26)34-30(35-29)40-20-25-5-4-12-36(25)2/h3,6-7,15,24-27,29H,1,4-5,8-10,12-14,16-20H2,2H3,(H,34,35)/t24?,25?,26?,27?,29?,31-/m0/s1. The van der Waals surface area contributed by atoms with E-state index in [1.165, 1.54) is 23.6 Å². The average molecular weight is 581 g/mol. The Morgan fingerprint density at radius 3 is 2.98 bits per heavy atom. The van der Waals surface area contributed by atoms with E-state index < -0.39 is 0 Å². The summed E-state index contributed by atoms with van der Waals surface area (Å²) in [6.07, 6.45) is 7.57. The minimum atomic E-state index is -0.230. The third-order valence-electron chi connectivity index (χ3n) is 9.95. The normalized spacial score (nSPS) is 33.7.